The lowest BCUT2D eigenvalue weighted by Gasteiger charge is -2.08. The molecule has 0 radical (unpaired) electrons. The minimum Gasteiger partial charge on any atom is -0.489 e. The van der Waals surface area contributed by atoms with Gasteiger partial charge in [0.25, 0.3) is 0 Å². The van der Waals surface area contributed by atoms with Crippen LogP contribution in [0.15, 0.2) is 36.4 Å². The minimum absolute atomic E-state index is 0.0612. The van der Waals surface area contributed by atoms with Crippen molar-refractivity contribution in [2.45, 2.75) is 13.5 Å². The summed E-state index contributed by atoms with van der Waals surface area (Å²) < 4.78 is 31.6. The summed E-state index contributed by atoms with van der Waals surface area (Å²) in [4.78, 5) is 0. The molecular formula is C15H11F2NO. The molecule has 0 amide bonds. The first-order chi connectivity index (χ1) is 9.10. The second-order valence-electron chi connectivity index (χ2n) is 4.11. The number of halogens is 2. The first-order valence-corrected chi connectivity index (χ1v) is 5.67. The van der Waals surface area contributed by atoms with Gasteiger partial charge in [0.05, 0.1) is 11.6 Å². The average molecular weight is 259 g/mol. The maximum atomic E-state index is 13.1. The molecule has 4 heteroatoms. The summed E-state index contributed by atoms with van der Waals surface area (Å²) in [6.07, 6.45) is 0. The van der Waals surface area contributed by atoms with E-state index in [9.17, 15) is 8.78 Å². The molecule has 0 heterocycles. The lowest BCUT2D eigenvalue weighted by molar-refractivity contribution is 0.304. The van der Waals surface area contributed by atoms with Crippen LogP contribution in [0, 0.1) is 29.9 Å². The third kappa shape index (κ3) is 3.08. The van der Waals surface area contributed by atoms with Gasteiger partial charge in [-0.15, -0.1) is 0 Å². The van der Waals surface area contributed by atoms with Crippen molar-refractivity contribution in [3.05, 3.63) is 64.7 Å². The van der Waals surface area contributed by atoms with Gasteiger partial charge in [-0.25, -0.2) is 8.78 Å². The van der Waals surface area contributed by atoms with Crippen molar-refractivity contribution >= 4 is 0 Å². The Morgan fingerprint density at radius 3 is 2.63 bits per heavy atom. The highest BCUT2D eigenvalue weighted by Gasteiger charge is 2.06. The molecule has 0 unspecified atom stereocenters. The number of benzene rings is 2. The Balaban J connectivity index is 2.16. The van der Waals surface area contributed by atoms with Crippen molar-refractivity contribution in [3.8, 4) is 11.8 Å². The first-order valence-electron chi connectivity index (χ1n) is 5.67. The maximum absolute atomic E-state index is 13.1. The Morgan fingerprint density at radius 2 is 1.95 bits per heavy atom. The van der Waals surface area contributed by atoms with Gasteiger partial charge in [-0.3, -0.25) is 0 Å². The molecule has 0 atom stereocenters. The highest BCUT2D eigenvalue weighted by atomic mass is 19.1. The van der Waals surface area contributed by atoms with Gasteiger partial charge >= 0.3 is 0 Å². The monoisotopic (exact) mass is 259 g/mol. The molecule has 2 rings (SSSR count). The topological polar surface area (TPSA) is 33.0 Å². The molecule has 0 aliphatic carbocycles. The van der Waals surface area contributed by atoms with E-state index in [1.165, 1.54) is 30.3 Å². The van der Waals surface area contributed by atoms with Crippen molar-refractivity contribution < 1.29 is 13.5 Å². The van der Waals surface area contributed by atoms with Crippen LogP contribution in [0.25, 0.3) is 0 Å². The molecule has 0 bridgehead atoms. The minimum atomic E-state index is -0.423. The fourth-order valence-electron chi connectivity index (χ4n) is 1.66. The van der Waals surface area contributed by atoms with Crippen molar-refractivity contribution in [1.82, 2.24) is 0 Å². The third-order valence-electron chi connectivity index (χ3n) is 2.71. The number of hydrogen-bond donors (Lipinski definition) is 0. The predicted octanol–water partition coefficient (Wildman–Crippen LogP) is 3.72. The van der Waals surface area contributed by atoms with E-state index >= 15 is 0 Å². The Bertz CT molecular complexity index is 647. The molecule has 0 aromatic heterocycles. The predicted molar refractivity (Wildman–Crippen MR) is 66.6 cm³/mol. The summed E-state index contributed by atoms with van der Waals surface area (Å²) in [5.74, 6) is -0.254. The molecule has 2 nitrogen and oxygen atoms in total. The second kappa shape index (κ2) is 5.49. The van der Waals surface area contributed by atoms with E-state index in [-0.39, 0.29) is 12.4 Å². The Labute approximate surface area is 109 Å². The van der Waals surface area contributed by atoms with E-state index in [2.05, 4.69) is 0 Å². The van der Waals surface area contributed by atoms with E-state index in [0.29, 0.717) is 22.4 Å². The van der Waals surface area contributed by atoms with Crippen LogP contribution in [0.4, 0.5) is 8.78 Å². The Morgan fingerprint density at radius 1 is 1.16 bits per heavy atom. The number of hydrogen-bond acceptors (Lipinski definition) is 2. The molecule has 19 heavy (non-hydrogen) atoms. The number of nitrogens with zero attached hydrogens (tertiary/aromatic N) is 1. The van der Waals surface area contributed by atoms with Crippen LogP contribution in [0.1, 0.15) is 16.7 Å². The number of nitriles is 1. The molecule has 0 saturated carbocycles. The zero-order chi connectivity index (χ0) is 13.8. The van der Waals surface area contributed by atoms with Crippen molar-refractivity contribution in [2.75, 3.05) is 0 Å². The number of rotatable bonds is 3. The lowest BCUT2D eigenvalue weighted by atomic mass is 10.1. The molecule has 0 aliphatic rings. The van der Waals surface area contributed by atoms with Crippen molar-refractivity contribution in [1.29, 1.82) is 5.26 Å². The van der Waals surface area contributed by atoms with Gasteiger partial charge in [-0.1, -0.05) is 0 Å². The summed E-state index contributed by atoms with van der Waals surface area (Å²) >= 11 is 0. The molecule has 2 aromatic rings. The van der Waals surface area contributed by atoms with Gasteiger partial charge in [0.15, 0.2) is 0 Å². The third-order valence-corrected chi connectivity index (χ3v) is 2.71. The van der Waals surface area contributed by atoms with Crippen LogP contribution in [0.3, 0.4) is 0 Å². The quantitative estimate of drug-likeness (QED) is 0.841. The van der Waals surface area contributed by atoms with Crippen LogP contribution in [0.5, 0.6) is 5.75 Å². The van der Waals surface area contributed by atoms with Crippen LogP contribution >= 0.6 is 0 Å². The van der Waals surface area contributed by atoms with E-state index < -0.39 is 5.82 Å². The molecule has 96 valence electrons. The molecule has 0 N–H and O–H groups in total. The van der Waals surface area contributed by atoms with E-state index in [0.717, 1.165) is 0 Å². The number of aryl methyl sites for hydroxylation is 1. The summed E-state index contributed by atoms with van der Waals surface area (Å²) in [5, 5.41) is 8.91. The summed E-state index contributed by atoms with van der Waals surface area (Å²) in [6, 6.07) is 10.2. The fourth-order valence-corrected chi connectivity index (χ4v) is 1.66. The van der Waals surface area contributed by atoms with Crippen LogP contribution < -0.4 is 4.74 Å². The van der Waals surface area contributed by atoms with Crippen molar-refractivity contribution in [3.63, 3.8) is 0 Å². The summed E-state index contributed by atoms with van der Waals surface area (Å²) in [5.41, 5.74) is 1.29. The average Bonchev–Trinajstić information content (AvgIpc) is 2.40. The van der Waals surface area contributed by atoms with E-state index in [1.54, 1.807) is 13.0 Å². The van der Waals surface area contributed by atoms with Gasteiger partial charge in [0.2, 0.25) is 0 Å². The lowest BCUT2D eigenvalue weighted by Crippen LogP contribution is -1.99. The number of ether oxygens (including phenoxy) is 1. The van der Waals surface area contributed by atoms with Crippen LogP contribution in [0.2, 0.25) is 0 Å². The Kier molecular flexibility index (Phi) is 3.76. The zero-order valence-corrected chi connectivity index (χ0v) is 10.3. The van der Waals surface area contributed by atoms with E-state index in [4.69, 9.17) is 10.00 Å². The largest absolute Gasteiger partial charge is 0.489 e. The SMILES string of the molecule is Cc1cc(OCc2cc(F)ccc2C#N)ccc1F. The molecular weight excluding hydrogens is 248 g/mol. The van der Waals surface area contributed by atoms with Crippen molar-refractivity contribution in [2.24, 2.45) is 0 Å². The molecule has 0 saturated heterocycles. The standard InChI is InChI=1S/C15H11F2NO/c1-10-6-14(4-5-15(10)17)19-9-12-7-13(16)3-2-11(12)8-18/h2-7H,9H2,1H3. The summed E-state index contributed by atoms with van der Waals surface area (Å²) in [7, 11) is 0. The normalized spacial score (nSPS) is 10.0. The van der Waals surface area contributed by atoms with Gasteiger partial charge < -0.3 is 4.74 Å². The molecule has 0 aliphatic heterocycles. The molecule has 0 spiro atoms. The fraction of sp³-hybridized carbons (Fsp3) is 0.133. The van der Waals surface area contributed by atoms with E-state index in [1.807, 2.05) is 6.07 Å². The maximum Gasteiger partial charge on any atom is 0.126 e. The highest BCUT2D eigenvalue weighted by molar-refractivity contribution is 5.38. The highest BCUT2D eigenvalue weighted by Crippen LogP contribution is 2.18. The summed E-state index contributed by atoms with van der Waals surface area (Å²) in [6.45, 7) is 1.69. The van der Waals surface area contributed by atoms with Crippen LogP contribution in [-0.2, 0) is 6.61 Å². The zero-order valence-electron chi connectivity index (χ0n) is 10.3. The van der Waals surface area contributed by atoms with Gasteiger partial charge in [-0.2, -0.15) is 5.26 Å². The smallest absolute Gasteiger partial charge is 0.126 e. The second-order valence-corrected chi connectivity index (χ2v) is 4.11. The van der Waals surface area contributed by atoms with Crippen LogP contribution in [-0.4, -0.2) is 0 Å². The molecule has 0 fully saturated rings. The first kappa shape index (κ1) is 13.0. The molecule has 2 aromatic carbocycles. The van der Waals surface area contributed by atoms with Gasteiger partial charge in [0, 0.05) is 5.56 Å². The van der Waals surface area contributed by atoms with Gasteiger partial charge in [0.1, 0.15) is 24.0 Å². The Hall–Kier alpha value is -2.41. The van der Waals surface area contributed by atoms with Gasteiger partial charge in [-0.05, 0) is 48.9 Å².